The monoisotopic (exact) mass is 244 g/mol. The lowest BCUT2D eigenvalue weighted by atomic mass is 9.95. The van der Waals surface area contributed by atoms with Crippen LogP contribution in [0.2, 0.25) is 0 Å². The Bertz CT molecular complexity index is 295. The van der Waals surface area contributed by atoms with Crippen molar-refractivity contribution in [1.82, 2.24) is 10.2 Å². The van der Waals surface area contributed by atoms with E-state index in [1.807, 2.05) is 6.92 Å². The Morgan fingerprint density at radius 3 is 2.59 bits per heavy atom. The van der Waals surface area contributed by atoms with Crippen LogP contribution in [0.15, 0.2) is 0 Å². The van der Waals surface area contributed by atoms with Gasteiger partial charge in [0.25, 0.3) is 0 Å². The summed E-state index contributed by atoms with van der Waals surface area (Å²) in [5, 5.41) is 19.9. The van der Waals surface area contributed by atoms with Crippen molar-refractivity contribution in [3.63, 3.8) is 0 Å². The van der Waals surface area contributed by atoms with Crippen LogP contribution in [0.5, 0.6) is 0 Å². The van der Waals surface area contributed by atoms with Crippen LogP contribution in [-0.4, -0.2) is 52.3 Å². The lowest BCUT2D eigenvalue weighted by Crippen LogP contribution is -2.54. The Kier molecular flexibility index (Phi) is 4.74. The highest BCUT2D eigenvalue weighted by molar-refractivity contribution is 5.82. The molecule has 17 heavy (non-hydrogen) atoms. The number of amides is 2. The summed E-state index contributed by atoms with van der Waals surface area (Å²) in [4.78, 5) is 24.2. The first kappa shape index (κ1) is 13.8. The number of piperidine rings is 1. The molecule has 0 saturated carbocycles. The third-order valence-electron chi connectivity index (χ3n) is 3.16. The van der Waals surface area contributed by atoms with Crippen LogP contribution in [0.1, 0.15) is 26.7 Å². The summed E-state index contributed by atoms with van der Waals surface area (Å²) in [6, 6.07) is -1.53. The van der Waals surface area contributed by atoms with E-state index in [0.717, 1.165) is 12.8 Å². The summed E-state index contributed by atoms with van der Waals surface area (Å²) in [6.07, 6.45) is 2.00. The van der Waals surface area contributed by atoms with E-state index in [2.05, 4.69) is 12.2 Å². The lowest BCUT2D eigenvalue weighted by molar-refractivity contribution is -0.140. The number of carboxylic acids is 1. The minimum atomic E-state index is -1.23. The van der Waals surface area contributed by atoms with Crippen LogP contribution >= 0.6 is 0 Å². The van der Waals surface area contributed by atoms with Crippen molar-refractivity contribution in [2.24, 2.45) is 5.92 Å². The summed E-state index contributed by atoms with van der Waals surface area (Å²) >= 11 is 0. The van der Waals surface area contributed by atoms with Crippen LogP contribution in [0.4, 0.5) is 4.79 Å². The number of carboxylic acid groups (broad SMARTS) is 1. The molecule has 0 bridgehead atoms. The molecule has 1 aliphatic heterocycles. The number of hydrogen-bond acceptors (Lipinski definition) is 3. The van der Waals surface area contributed by atoms with Crippen molar-refractivity contribution in [3.8, 4) is 0 Å². The number of nitrogens with zero attached hydrogens (tertiary/aromatic N) is 1. The Morgan fingerprint density at radius 1 is 1.41 bits per heavy atom. The lowest BCUT2D eigenvalue weighted by Gasteiger charge is -2.37. The maximum absolute atomic E-state index is 11.9. The van der Waals surface area contributed by atoms with Gasteiger partial charge in [0.1, 0.15) is 0 Å². The molecule has 2 amide bonds. The van der Waals surface area contributed by atoms with E-state index in [1.54, 1.807) is 4.90 Å². The summed E-state index contributed by atoms with van der Waals surface area (Å²) in [5.74, 6) is -0.798. The largest absolute Gasteiger partial charge is 0.480 e. The second-order valence-electron chi connectivity index (χ2n) is 4.71. The first-order valence-corrected chi connectivity index (χ1v) is 5.86. The van der Waals surface area contributed by atoms with E-state index in [9.17, 15) is 9.59 Å². The van der Waals surface area contributed by atoms with E-state index in [-0.39, 0.29) is 6.04 Å². The van der Waals surface area contributed by atoms with Gasteiger partial charge in [-0.15, -0.1) is 0 Å². The Labute approximate surface area is 101 Å². The number of carbonyl (C=O) groups is 2. The molecule has 6 heteroatoms. The van der Waals surface area contributed by atoms with Gasteiger partial charge in [0, 0.05) is 12.6 Å². The van der Waals surface area contributed by atoms with Gasteiger partial charge in [-0.05, 0) is 25.7 Å². The van der Waals surface area contributed by atoms with Gasteiger partial charge >= 0.3 is 12.0 Å². The quantitative estimate of drug-likeness (QED) is 0.664. The van der Waals surface area contributed by atoms with E-state index < -0.39 is 24.6 Å². The van der Waals surface area contributed by atoms with Crippen molar-refractivity contribution >= 4 is 12.0 Å². The number of rotatable bonds is 3. The molecule has 6 nitrogen and oxygen atoms in total. The van der Waals surface area contributed by atoms with E-state index in [0.29, 0.717) is 12.5 Å². The maximum Gasteiger partial charge on any atom is 0.328 e. The molecule has 0 aromatic rings. The zero-order valence-electron chi connectivity index (χ0n) is 10.2. The molecule has 2 unspecified atom stereocenters. The first-order valence-electron chi connectivity index (χ1n) is 5.86. The van der Waals surface area contributed by atoms with Crippen molar-refractivity contribution < 1.29 is 19.8 Å². The van der Waals surface area contributed by atoms with Crippen molar-refractivity contribution in [3.05, 3.63) is 0 Å². The molecule has 1 saturated heterocycles. The van der Waals surface area contributed by atoms with Gasteiger partial charge in [0.15, 0.2) is 6.04 Å². The molecule has 3 N–H and O–H groups in total. The average molecular weight is 244 g/mol. The molecule has 0 aromatic carbocycles. The van der Waals surface area contributed by atoms with Crippen molar-refractivity contribution in [2.75, 3.05) is 13.2 Å². The molecule has 1 rings (SSSR count). The van der Waals surface area contributed by atoms with Crippen molar-refractivity contribution in [2.45, 2.75) is 38.8 Å². The fourth-order valence-corrected chi connectivity index (χ4v) is 1.99. The predicted molar refractivity (Wildman–Crippen MR) is 61.6 cm³/mol. The molecule has 0 aliphatic carbocycles. The number of likely N-dealkylation sites (tertiary alicyclic amines) is 1. The number of hydrogen-bond donors (Lipinski definition) is 3. The second kappa shape index (κ2) is 5.86. The summed E-state index contributed by atoms with van der Waals surface area (Å²) < 4.78 is 0. The number of nitrogens with one attached hydrogen (secondary N) is 1. The highest BCUT2D eigenvalue weighted by Gasteiger charge is 2.29. The topological polar surface area (TPSA) is 89.9 Å². The normalized spacial score (nSPS) is 26.4. The van der Waals surface area contributed by atoms with Crippen LogP contribution in [0, 0.1) is 5.92 Å². The third-order valence-corrected chi connectivity index (χ3v) is 3.16. The summed E-state index contributed by atoms with van der Waals surface area (Å²) in [5.41, 5.74) is 0. The van der Waals surface area contributed by atoms with Crippen molar-refractivity contribution in [1.29, 1.82) is 0 Å². The molecule has 1 heterocycles. The zero-order chi connectivity index (χ0) is 13.0. The number of aliphatic carboxylic acids is 1. The Morgan fingerprint density at radius 2 is 2.06 bits per heavy atom. The zero-order valence-corrected chi connectivity index (χ0v) is 10.2. The molecule has 1 aliphatic rings. The van der Waals surface area contributed by atoms with Crippen LogP contribution < -0.4 is 5.32 Å². The molecule has 0 spiro atoms. The van der Waals surface area contributed by atoms with Crippen LogP contribution in [0.3, 0.4) is 0 Å². The number of aliphatic hydroxyl groups excluding tert-OH is 1. The molecular weight excluding hydrogens is 224 g/mol. The SMILES string of the molecule is CC1CCC(C)N(C(=O)N[C@@H](CO)C(=O)O)C1. The van der Waals surface area contributed by atoms with Gasteiger partial charge in [-0.1, -0.05) is 6.92 Å². The highest BCUT2D eigenvalue weighted by atomic mass is 16.4. The minimum Gasteiger partial charge on any atom is -0.480 e. The molecule has 1 fully saturated rings. The van der Waals surface area contributed by atoms with Gasteiger partial charge in [0.2, 0.25) is 0 Å². The third kappa shape index (κ3) is 3.59. The van der Waals surface area contributed by atoms with Gasteiger partial charge in [-0.3, -0.25) is 0 Å². The van der Waals surface area contributed by atoms with E-state index in [1.165, 1.54) is 0 Å². The Balaban J connectivity index is 2.59. The summed E-state index contributed by atoms with van der Waals surface area (Å²) in [6.45, 7) is 4.04. The van der Waals surface area contributed by atoms with E-state index >= 15 is 0 Å². The molecule has 3 atom stereocenters. The van der Waals surface area contributed by atoms with Crippen LogP contribution in [-0.2, 0) is 4.79 Å². The second-order valence-corrected chi connectivity index (χ2v) is 4.71. The molecular formula is C11H20N2O4. The average Bonchev–Trinajstić information content (AvgIpc) is 2.28. The number of urea groups is 1. The van der Waals surface area contributed by atoms with Gasteiger partial charge in [-0.2, -0.15) is 0 Å². The van der Waals surface area contributed by atoms with Crippen LogP contribution in [0.25, 0.3) is 0 Å². The summed E-state index contributed by atoms with van der Waals surface area (Å²) in [7, 11) is 0. The molecule has 0 radical (unpaired) electrons. The molecule has 98 valence electrons. The number of aliphatic hydroxyl groups is 1. The van der Waals surface area contributed by atoms with Gasteiger partial charge in [-0.25, -0.2) is 9.59 Å². The van der Waals surface area contributed by atoms with Gasteiger partial charge in [0.05, 0.1) is 6.61 Å². The fraction of sp³-hybridized carbons (Fsp3) is 0.818. The molecule has 0 aromatic heterocycles. The fourth-order valence-electron chi connectivity index (χ4n) is 1.99. The number of carbonyl (C=O) groups excluding carboxylic acids is 1. The van der Waals surface area contributed by atoms with E-state index in [4.69, 9.17) is 10.2 Å². The predicted octanol–water partition coefficient (Wildman–Crippen LogP) is 0.262. The smallest absolute Gasteiger partial charge is 0.328 e. The minimum absolute atomic E-state index is 0.110. The first-order chi connectivity index (χ1) is 7.95. The van der Waals surface area contributed by atoms with Gasteiger partial charge < -0.3 is 20.4 Å². The maximum atomic E-state index is 11.9. The standard InChI is InChI=1S/C11H20N2O4/c1-7-3-4-8(2)13(5-7)11(17)12-9(6-14)10(15)16/h7-9,14H,3-6H2,1-2H3,(H,12,17)(H,15,16)/t7?,8?,9-/m0/s1. The Hall–Kier alpha value is -1.30. The highest BCUT2D eigenvalue weighted by Crippen LogP contribution is 2.21.